The molecule has 0 aliphatic carbocycles. The van der Waals surface area contributed by atoms with Crippen molar-refractivity contribution in [2.24, 2.45) is 0 Å². The van der Waals surface area contributed by atoms with Crippen molar-refractivity contribution in [1.29, 1.82) is 0 Å². The summed E-state index contributed by atoms with van der Waals surface area (Å²) in [7, 11) is 0. The van der Waals surface area contributed by atoms with Crippen molar-refractivity contribution in [3.8, 4) is 11.5 Å². The summed E-state index contributed by atoms with van der Waals surface area (Å²) in [5, 5.41) is 0. The van der Waals surface area contributed by atoms with E-state index < -0.39 is 0 Å². The van der Waals surface area contributed by atoms with Crippen LogP contribution >= 0.6 is 0 Å². The summed E-state index contributed by atoms with van der Waals surface area (Å²) in [6.07, 6.45) is 2.54. The third-order valence-electron chi connectivity index (χ3n) is 4.38. The molecule has 116 valence electrons. The van der Waals surface area contributed by atoms with Crippen LogP contribution in [0, 0.1) is 0 Å². The van der Waals surface area contributed by atoms with Crippen LogP contribution in [0.2, 0.25) is 0 Å². The second kappa shape index (κ2) is 5.54. The number of rotatable bonds is 3. The lowest BCUT2D eigenvalue weighted by molar-refractivity contribution is 0.101. The predicted octanol–water partition coefficient (Wildman–Crippen LogP) is 4.30. The number of Topliss-reactive ketones (excluding diaryl/α,β-unsaturated/α-hetero) is 1. The van der Waals surface area contributed by atoms with E-state index >= 15 is 0 Å². The molecule has 0 radical (unpaired) electrons. The maximum atomic E-state index is 11.5. The Labute approximate surface area is 134 Å². The van der Waals surface area contributed by atoms with Crippen LogP contribution in [0.15, 0.2) is 46.9 Å². The number of carbonyl (C=O) groups is 1. The van der Waals surface area contributed by atoms with Gasteiger partial charge in [-0.1, -0.05) is 0 Å². The van der Waals surface area contributed by atoms with Crippen molar-refractivity contribution < 1.29 is 9.21 Å². The zero-order valence-electron chi connectivity index (χ0n) is 13.1. The summed E-state index contributed by atoms with van der Waals surface area (Å²) in [6.45, 7) is 3.82. The number of hydrogen-bond donors (Lipinski definition) is 0. The molecule has 0 bridgehead atoms. The van der Waals surface area contributed by atoms with E-state index in [-0.39, 0.29) is 5.78 Å². The van der Waals surface area contributed by atoms with Gasteiger partial charge in [0.2, 0.25) is 5.89 Å². The summed E-state index contributed by atoms with van der Waals surface area (Å²) in [5.74, 6) is 0.625. The monoisotopic (exact) mass is 306 g/mol. The molecule has 1 aliphatic rings. The van der Waals surface area contributed by atoms with Crippen LogP contribution < -0.4 is 4.90 Å². The maximum absolute atomic E-state index is 11.5. The van der Waals surface area contributed by atoms with Crippen molar-refractivity contribution >= 4 is 22.6 Å². The molecule has 1 aliphatic heterocycles. The minimum Gasteiger partial charge on any atom is -0.436 e. The van der Waals surface area contributed by atoms with E-state index in [2.05, 4.69) is 22.0 Å². The fourth-order valence-electron chi connectivity index (χ4n) is 3.06. The van der Waals surface area contributed by atoms with Gasteiger partial charge in [0, 0.05) is 29.9 Å². The summed E-state index contributed by atoms with van der Waals surface area (Å²) < 4.78 is 5.82. The highest BCUT2D eigenvalue weighted by Crippen LogP contribution is 2.28. The summed E-state index contributed by atoms with van der Waals surface area (Å²) in [6, 6.07) is 13.7. The Morgan fingerprint density at radius 2 is 1.83 bits per heavy atom. The van der Waals surface area contributed by atoms with Crippen LogP contribution in [0.1, 0.15) is 30.1 Å². The van der Waals surface area contributed by atoms with Gasteiger partial charge in [0.05, 0.1) is 0 Å². The number of carbonyl (C=O) groups excluding carboxylic acids is 1. The Hall–Kier alpha value is -2.62. The number of ketones is 1. The van der Waals surface area contributed by atoms with Gasteiger partial charge < -0.3 is 9.32 Å². The van der Waals surface area contributed by atoms with E-state index in [1.165, 1.54) is 18.5 Å². The fourth-order valence-corrected chi connectivity index (χ4v) is 3.06. The molecule has 4 rings (SSSR count). The molecule has 1 saturated heterocycles. The van der Waals surface area contributed by atoms with Gasteiger partial charge in [0.1, 0.15) is 5.52 Å². The molecule has 2 aromatic carbocycles. The molecule has 23 heavy (non-hydrogen) atoms. The van der Waals surface area contributed by atoms with E-state index in [0.717, 1.165) is 24.2 Å². The quantitative estimate of drug-likeness (QED) is 0.677. The molecule has 1 fully saturated rings. The molecule has 2 heterocycles. The van der Waals surface area contributed by atoms with Gasteiger partial charge >= 0.3 is 0 Å². The zero-order chi connectivity index (χ0) is 15.8. The molecule has 0 atom stereocenters. The molecule has 3 aromatic rings. The molecule has 0 unspecified atom stereocenters. The Balaban J connectivity index is 1.66. The van der Waals surface area contributed by atoms with E-state index in [9.17, 15) is 4.79 Å². The minimum absolute atomic E-state index is 0.0337. The van der Waals surface area contributed by atoms with Crippen LogP contribution in [0.5, 0.6) is 0 Å². The first-order valence-electron chi connectivity index (χ1n) is 7.98. The van der Waals surface area contributed by atoms with E-state index in [1.807, 2.05) is 12.1 Å². The van der Waals surface area contributed by atoms with Gasteiger partial charge in [-0.05, 0) is 62.2 Å². The third-order valence-corrected chi connectivity index (χ3v) is 4.38. The molecule has 4 nitrogen and oxygen atoms in total. The molecular weight excluding hydrogens is 288 g/mol. The Morgan fingerprint density at radius 3 is 2.52 bits per heavy atom. The highest BCUT2D eigenvalue weighted by Gasteiger charge is 2.14. The number of hydrogen-bond acceptors (Lipinski definition) is 4. The first kappa shape index (κ1) is 14.0. The molecule has 4 heteroatoms. The standard InChI is InChI=1S/C19H18N2O2/c1-13(22)15-6-9-18-17(12-15)20-19(23-18)14-4-7-16(8-5-14)21-10-2-3-11-21/h4-9,12H,2-3,10-11H2,1H3. The highest BCUT2D eigenvalue weighted by molar-refractivity contribution is 5.97. The van der Waals surface area contributed by atoms with Gasteiger partial charge in [-0.2, -0.15) is 0 Å². The van der Waals surface area contributed by atoms with Crippen LogP contribution in [0.25, 0.3) is 22.6 Å². The van der Waals surface area contributed by atoms with Crippen molar-refractivity contribution in [3.05, 3.63) is 48.0 Å². The Morgan fingerprint density at radius 1 is 1.09 bits per heavy atom. The topological polar surface area (TPSA) is 46.3 Å². The van der Waals surface area contributed by atoms with E-state index in [0.29, 0.717) is 17.0 Å². The number of anilines is 1. The molecule has 0 spiro atoms. The molecular formula is C19H18N2O2. The maximum Gasteiger partial charge on any atom is 0.227 e. The lowest BCUT2D eigenvalue weighted by atomic mass is 10.1. The van der Waals surface area contributed by atoms with Crippen molar-refractivity contribution in [2.45, 2.75) is 19.8 Å². The summed E-state index contributed by atoms with van der Waals surface area (Å²) >= 11 is 0. The van der Waals surface area contributed by atoms with Crippen LogP contribution in [0.3, 0.4) is 0 Å². The highest BCUT2D eigenvalue weighted by atomic mass is 16.3. The van der Waals surface area contributed by atoms with E-state index in [4.69, 9.17) is 4.42 Å². The molecule has 1 aromatic heterocycles. The lowest BCUT2D eigenvalue weighted by Crippen LogP contribution is -2.17. The first-order chi connectivity index (χ1) is 11.2. The number of aromatic nitrogens is 1. The van der Waals surface area contributed by atoms with Crippen molar-refractivity contribution in [1.82, 2.24) is 4.98 Å². The van der Waals surface area contributed by atoms with Crippen LogP contribution in [-0.2, 0) is 0 Å². The average Bonchev–Trinajstić information content (AvgIpc) is 3.23. The molecule has 0 N–H and O–H groups in total. The first-order valence-corrected chi connectivity index (χ1v) is 7.98. The number of oxazole rings is 1. The van der Waals surface area contributed by atoms with Crippen LogP contribution in [-0.4, -0.2) is 23.9 Å². The van der Waals surface area contributed by atoms with Gasteiger partial charge in [-0.3, -0.25) is 4.79 Å². The Kier molecular flexibility index (Phi) is 3.37. The normalized spacial score (nSPS) is 14.6. The number of fused-ring (bicyclic) bond motifs is 1. The second-order valence-corrected chi connectivity index (χ2v) is 6.00. The predicted molar refractivity (Wildman–Crippen MR) is 90.9 cm³/mol. The van der Waals surface area contributed by atoms with Gasteiger partial charge in [0.15, 0.2) is 11.4 Å². The number of nitrogens with zero attached hydrogens (tertiary/aromatic N) is 2. The SMILES string of the molecule is CC(=O)c1ccc2oc(-c3ccc(N4CCCC4)cc3)nc2c1. The molecule has 0 saturated carbocycles. The van der Waals surface area contributed by atoms with E-state index in [1.54, 1.807) is 25.1 Å². The largest absolute Gasteiger partial charge is 0.436 e. The van der Waals surface area contributed by atoms with Gasteiger partial charge in [-0.15, -0.1) is 0 Å². The van der Waals surface area contributed by atoms with Gasteiger partial charge in [-0.25, -0.2) is 4.98 Å². The van der Waals surface area contributed by atoms with Crippen molar-refractivity contribution in [3.63, 3.8) is 0 Å². The van der Waals surface area contributed by atoms with Crippen molar-refractivity contribution in [2.75, 3.05) is 18.0 Å². The lowest BCUT2D eigenvalue weighted by Gasteiger charge is -2.17. The minimum atomic E-state index is 0.0337. The summed E-state index contributed by atoms with van der Waals surface area (Å²) in [5.41, 5.74) is 4.28. The smallest absolute Gasteiger partial charge is 0.227 e. The molecule has 0 amide bonds. The number of benzene rings is 2. The third kappa shape index (κ3) is 2.61. The Bertz CT molecular complexity index is 859. The van der Waals surface area contributed by atoms with Gasteiger partial charge in [0.25, 0.3) is 0 Å². The second-order valence-electron chi connectivity index (χ2n) is 6.00. The fraction of sp³-hybridized carbons (Fsp3) is 0.263. The zero-order valence-corrected chi connectivity index (χ0v) is 13.1. The average molecular weight is 306 g/mol. The van der Waals surface area contributed by atoms with Crippen LogP contribution in [0.4, 0.5) is 5.69 Å². The summed E-state index contributed by atoms with van der Waals surface area (Å²) in [4.78, 5) is 18.4.